The summed E-state index contributed by atoms with van der Waals surface area (Å²) >= 11 is 0. The summed E-state index contributed by atoms with van der Waals surface area (Å²) in [4.78, 5) is 12.9. The molecule has 29 heavy (non-hydrogen) atoms. The molecule has 4 rings (SSSR count). The van der Waals surface area contributed by atoms with E-state index in [1.165, 1.54) is 0 Å². The predicted octanol–water partition coefficient (Wildman–Crippen LogP) is 2.55. The zero-order valence-corrected chi connectivity index (χ0v) is 17.1. The van der Waals surface area contributed by atoms with Crippen LogP contribution < -0.4 is 10.1 Å². The third-order valence-corrected chi connectivity index (χ3v) is 5.66. The summed E-state index contributed by atoms with van der Waals surface area (Å²) < 4.78 is 37.1. The summed E-state index contributed by atoms with van der Waals surface area (Å²) in [6.07, 6.45) is 5.42. The number of hydrogen-bond acceptors (Lipinski definition) is 8. The number of benzene rings is 1. The lowest BCUT2D eigenvalue weighted by atomic mass is 10.2. The summed E-state index contributed by atoms with van der Waals surface area (Å²) in [6, 6.07) is 7.58. The third kappa shape index (κ3) is 4.18. The standard InChI is InChI=1S/C19H23N5O4S/c1-27-14-8-6-13(7-9-14)11-20-17-16-18(23-19(22-17)29(2,25)26)24(12-21-16)15-5-3-4-10-28-15/h6-9,12,15H,3-5,10-11H2,1-2H3,(H,20,22,23). The Bertz CT molecular complexity index is 1110. The highest BCUT2D eigenvalue weighted by atomic mass is 32.2. The Labute approximate surface area is 169 Å². The fraction of sp³-hybridized carbons (Fsp3) is 0.421. The first-order chi connectivity index (χ1) is 14.0. The van der Waals surface area contributed by atoms with Gasteiger partial charge < -0.3 is 14.8 Å². The lowest BCUT2D eigenvalue weighted by molar-refractivity contribution is -0.0298. The van der Waals surface area contributed by atoms with Gasteiger partial charge in [-0.05, 0) is 37.0 Å². The zero-order chi connectivity index (χ0) is 20.4. The molecule has 1 fully saturated rings. The van der Waals surface area contributed by atoms with Gasteiger partial charge in [0.1, 0.15) is 12.0 Å². The molecular weight excluding hydrogens is 394 g/mol. The van der Waals surface area contributed by atoms with E-state index in [1.807, 2.05) is 24.3 Å². The molecule has 0 radical (unpaired) electrons. The van der Waals surface area contributed by atoms with Gasteiger partial charge in [-0.1, -0.05) is 12.1 Å². The largest absolute Gasteiger partial charge is 0.497 e. The molecule has 1 atom stereocenters. The average molecular weight is 417 g/mol. The van der Waals surface area contributed by atoms with Gasteiger partial charge in [0.05, 0.1) is 13.4 Å². The van der Waals surface area contributed by atoms with Crippen LogP contribution in [0.1, 0.15) is 31.1 Å². The quantitative estimate of drug-likeness (QED) is 0.610. The minimum Gasteiger partial charge on any atom is -0.497 e. The van der Waals surface area contributed by atoms with E-state index >= 15 is 0 Å². The van der Waals surface area contributed by atoms with Crippen LogP contribution in [-0.4, -0.2) is 47.9 Å². The summed E-state index contributed by atoms with van der Waals surface area (Å²) in [6.45, 7) is 1.11. The van der Waals surface area contributed by atoms with Crippen LogP contribution in [0.5, 0.6) is 5.75 Å². The van der Waals surface area contributed by atoms with Gasteiger partial charge in [-0.25, -0.2) is 13.4 Å². The fourth-order valence-corrected chi connectivity index (χ4v) is 3.78. The summed E-state index contributed by atoms with van der Waals surface area (Å²) in [5, 5.41) is 2.96. The van der Waals surface area contributed by atoms with Gasteiger partial charge in [-0.15, -0.1) is 0 Å². The maximum absolute atomic E-state index is 12.2. The maximum atomic E-state index is 12.2. The number of aromatic nitrogens is 4. The Morgan fingerprint density at radius 1 is 1.24 bits per heavy atom. The third-order valence-electron chi connectivity index (χ3n) is 4.82. The van der Waals surface area contributed by atoms with Crippen molar-refractivity contribution in [3.8, 4) is 5.75 Å². The van der Waals surface area contributed by atoms with Crippen molar-refractivity contribution >= 4 is 26.8 Å². The number of nitrogens with one attached hydrogen (secondary N) is 1. The highest BCUT2D eigenvalue weighted by Gasteiger charge is 2.23. The van der Waals surface area contributed by atoms with Gasteiger partial charge in [0.25, 0.3) is 5.16 Å². The van der Waals surface area contributed by atoms with Crippen LogP contribution in [0.4, 0.5) is 5.82 Å². The van der Waals surface area contributed by atoms with E-state index in [1.54, 1.807) is 18.0 Å². The second kappa shape index (κ2) is 7.96. The van der Waals surface area contributed by atoms with Crippen molar-refractivity contribution in [2.45, 2.75) is 37.2 Å². The molecule has 1 N–H and O–H groups in total. The van der Waals surface area contributed by atoms with Gasteiger partial charge in [-0.2, -0.15) is 9.97 Å². The van der Waals surface area contributed by atoms with E-state index in [9.17, 15) is 8.42 Å². The van der Waals surface area contributed by atoms with E-state index < -0.39 is 9.84 Å². The van der Waals surface area contributed by atoms with E-state index in [4.69, 9.17) is 9.47 Å². The lowest BCUT2D eigenvalue weighted by Crippen LogP contribution is -2.18. The Morgan fingerprint density at radius 2 is 2.03 bits per heavy atom. The maximum Gasteiger partial charge on any atom is 0.250 e. The fourth-order valence-electron chi connectivity index (χ4n) is 3.27. The van der Waals surface area contributed by atoms with Crippen LogP contribution in [0.3, 0.4) is 0 Å². The molecule has 10 heteroatoms. The SMILES string of the molecule is COc1ccc(CNc2nc(S(C)(=O)=O)nc3c2ncn3C2CCCCO2)cc1. The Hall–Kier alpha value is -2.72. The highest BCUT2D eigenvalue weighted by Crippen LogP contribution is 2.28. The molecule has 1 saturated heterocycles. The minimum atomic E-state index is -3.59. The number of imidazole rings is 1. The topological polar surface area (TPSA) is 108 Å². The molecule has 1 unspecified atom stereocenters. The first kappa shape index (κ1) is 19.6. The van der Waals surface area contributed by atoms with Crippen LogP contribution in [0.15, 0.2) is 35.7 Å². The van der Waals surface area contributed by atoms with Crippen molar-refractivity contribution < 1.29 is 17.9 Å². The van der Waals surface area contributed by atoms with Crippen molar-refractivity contribution in [3.63, 3.8) is 0 Å². The van der Waals surface area contributed by atoms with Crippen LogP contribution in [0.2, 0.25) is 0 Å². The van der Waals surface area contributed by atoms with Crippen LogP contribution in [0, 0.1) is 0 Å². The average Bonchev–Trinajstić information content (AvgIpc) is 3.16. The minimum absolute atomic E-state index is 0.203. The molecule has 1 aliphatic rings. The summed E-state index contributed by atoms with van der Waals surface area (Å²) in [5.74, 6) is 1.14. The molecule has 0 amide bonds. The second-order valence-corrected chi connectivity index (χ2v) is 8.88. The highest BCUT2D eigenvalue weighted by molar-refractivity contribution is 7.90. The van der Waals surface area contributed by atoms with Crippen LogP contribution >= 0.6 is 0 Å². The van der Waals surface area contributed by atoms with Gasteiger partial charge in [-0.3, -0.25) is 4.57 Å². The summed E-state index contributed by atoms with van der Waals surface area (Å²) in [7, 11) is -1.98. The predicted molar refractivity (Wildman–Crippen MR) is 108 cm³/mol. The molecule has 0 bridgehead atoms. The number of anilines is 1. The molecule has 0 spiro atoms. The van der Waals surface area contributed by atoms with Crippen LogP contribution in [-0.2, 0) is 21.1 Å². The van der Waals surface area contributed by atoms with E-state index in [0.29, 0.717) is 30.1 Å². The zero-order valence-electron chi connectivity index (χ0n) is 16.3. The molecular formula is C19H23N5O4S. The van der Waals surface area contributed by atoms with Gasteiger partial charge in [0.15, 0.2) is 17.0 Å². The molecule has 1 aromatic carbocycles. The van der Waals surface area contributed by atoms with Crippen molar-refractivity contribution in [2.75, 3.05) is 25.3 Å². The molecule has 154 valence electrons. The van der Waals surface area contributed by atoms with Crippen molar-refractivity contribution in [3.05, 3.63) is 36.2 Å². The number of rotatable bonds is 6. The number of sulfone groups is 1. The molecule has 0 aliphatic carbocycles. The van der Waals surface area contributed by atoms with E-state index in [0.717, 1.165) is 36.8 Å². The first-order valence-corrected chi connectivity index (χ1v) is 11.3. The van der Waals surface area contributed by atoms with Crippen LogP contribution in [0.25, 0.3) is 11.2 Å². The Balaban J connectivity index is 1.70. The van der Waals surface area contributed by atoms with E-state index in [-0.39, 0.29) is 11.4 Å². The van der Waals surface area contributed by atoms with Gasteiger partial charge in [0, 0.05) is 19.4 Å². The summed E-state index contributed by atoms with van der Waals surface area (Å²) in [5.41, 5.74) is 1.96. The number of ether oxygens (including phenoxy) is 2. The van der Waals surface area contributed by atoms with Gasteiger partial charge in [0.2, 0.25) is 9.84 Å². The molecule has 3 aromatic rings. The molecule has 2 aromatic heterocycles. The van der Waals surface area contributed by atoms with Crippen molar-refractivity contribution in [1.29, 1.82) is 0 Å². The number of fused-ring (bicyclic) bond motifs is 1. The van der Waals surface area contributed by atoms with Crippen molar-refractivity contribution in [1.82, 2.24) is 19.5 Å². The number of nitrogens with zero attached hydrogens (tertiary/aromatic N) is 4. The molecule has 3 heterocycles. The smallest absolute Gasteiger partial charge is 0.250 e. The van der Waals surface area contributed by atoms with Gasteiger partial charge >= 0.3 is 0 Å². The Kier molecular flexibility index (Phi) is 5.37. The Morgan fingerprint density at radius 3 is 2.69 bits per heavy atom. The number of methoxy groups -OCH3 is 1. The first-order valence-electron chi connectivity index (χ1n) is 9.39. The normalized spacial score (nSPS) is 17.4. The molecule has 9 nitrogen and oxygen atoms in total. The molecule has 0 saturated carbocycles. The van der Waals surface area contributed by atoms with Crippen molar-refractivity contribution in [2.24, 2.45) is 0 Å². The monoisotopic (exact) mass is 417 g/mol. The molecule has 1 aliphatic heterocycles. The second-order valence-electron chi connectivity index (χ2n) is 6.97. The lowest BCUT2D eigenvalue weighted by Gasteiger charge is -2.23. The number of hydrogen-bond donors (Lipinski definition) is 1. The van der Waals surface area contributed by atoms with E-state index in [2.05, 4.69) is 20.3 Å².